The van der Waals surface area contributed by atoms with Gasteiger partial charge in [0.15, 0.2) is 0 Å². The van der Waals surface area contributed by atoms with Crippen LogP contribution in [-0.2, 0) is 17.1 Å². The highest BCUT2D eigenvalue weighted by molar-refractivity contribution is 7.99. The SMILES string of the molecule is O=C(CSc1ccc(C(F)(F)F)cn1)Nc1cccc(C(F)(F)F)c1. The van der Waals surface area contributed by atoms with Crippen LogP contribution in [-0.4, -0.2) is 16.6 Å². The zero-order valence-electron chi connectivity index (χ0n) is 12.3. The standard InChI is InChI=1S/C15H10F6N2OS/c16-14(17,18)9-2-1-3-11(6-9)23-12(24)8-25-13-5-4-10(7-22-13)15(19,20)21/h1-7H,8H2,(H,23,24). The molecule has 0 fully saturated rings. The molecule has 2 rings (SSSR count). The molecule has 0 radical (unpaired) electrons. The Kier molecular flexibility index (Phi) is 5.61. The Morgan fingerprint density at radius 1 is 1.00 bits per heavy atom. The van der Waals surface area contributed by atoms with Gasteiger partial charge < -0.3 is 5.32 Å². The van der Waals surface area contributed by atoms with E-state index in [1.54, 1.807) is 0 Å². The minimum absolute atomic E-state index is 0.0270. The number of rotatable bonds is 4. The molecule has 0 aliphatic rings. The molecule has 1 aromatic carbocycles. The highest BCUT2D eigenvalue weighted by Gasteiger charge is 2.31. The largest absolute Gasteiger partial charge is 0.417 e. The van der Waals surface area contributed by atoms with Crippen LogP contribution in [0.4, 0.5) is 32.0 Å². The van der Waals surface area contributed by atoms with Gasteiger partial charge in [0.1, 0.15) is 0 Å². The maximum absolute atomic E-state index is 12.6. The summed E-state index contributed by atoms with van der Waals surface area (Å²) >= 11 is 0.864. The summed E-state index contributed by atoms with van der Waals surface area (Å²) in [5, 5.41) is 2.48. The molecule has 0 bridgehead atoms. The zero-order valence-corrected chi connectivity index (χ0v) is 13.1. The Balaban J connectivity index is 1.93. The van der Waals surface area contributed by atoms with Crippen LogP contribution in [0, 0.1) is 0 Å². The summed E-state index contributed by atoms with van der Waals surface area (Å²) in [4.78, 5) is 15.3. The van der Waals surface area contributed by atoms with E-state index in [1.807, 2.05) is 0 Å². The van der Waals surface area contributed by atoms with Gasteiger partial charge in [-0.2, -0.15) is 26.3 Å². The third-order valence-electron chi connectivity index (χ3n) is 2.89. The topological polar surface area (TPSA) is 42.0 Å². The van der Waals surface area contributed by atoms with E-state index < -0.39 is 29.4 Å². The molecule has 3 nitrogen and oxygen atoms in total. The lowest BCUT2D eigenvalue weighted by Crippen LogP contribution is -2.15. The predicted octanol–water partition coefficient (Wildman–Crippen LogP) is 4.85. The van der Waals surface area contributed by atoms with Crippen LogP contribution >= 0.6 is 11.8 Å². The molecule has 1 heterocycles. The maximum Gasteiger partial charge on any atom is 0.417 e. The van der Waals surface area contributed by atoms with Crippen molar-refractivity contribution in [2.45, 2.75) is 17.4 Å². The zero-order chi connectivity index (χ0) is 18.7. The van der Waals surface area contributed by atoms with Crippen molar-refractivity contribution in [3.8, 4) is 0 Å². The number of nitrogens with one attached hydrogen (secondary N) is 1. The number of amides is 1. The van der Waals surface area contributed by atoms with Crippen molar-refractivity contribution >= 4 is 23.4 Å². The summed E-state index contributed by atoms with van der Waals surface area (Å²) < 4.78 is 75.0. The molecule has 134 valence electrons. The van der Waals surface area contributed by atoms with Gasteiger partial charge in [-0.25, -0.2) is 4.98 Å². The summed E-state index contributed by atoms with van der Waals surface area (Å²) in [5.74, 6) is -0.819. The summed E-state index contributed by atoms with van der Waals surface area (Å²) in [6.07, 6.45) is -8.39. The van der Waals surface area contributed by atoms with Gasteiger partial charge >= 0.3 is 12.4 Å². The van der Waals surface area contributed by atoms with Crippen LogP contribution in [0.15, 0.2) is 47.6 Å². The van der Waals surface area contributed by atoms with Gasteiger partial charge in [-0.05, 0) is 30.3 Å². The second-order valence-electron chi connectivity index (χ2n) is 4.80. The van der Waals surface area contributed by atoms with Gasteiger partial charge in [0.25, 0.3) is 0 Å². The summed E-state index contributed by atoms with van der Waals surface area (Å²) in [5.41, 5.74) is -1.84. The van der Waals surface area contributed by atoms with Gasteiger partial charge in [-0.3, -0.25) is 4.79 Å². The van der Waals surface area contributed by atoms with Crippen LogP contribution < -0.4 is 5.32 Å². The Morgan fingerprint density at radius 2 is 1.68 bits per heavy atom. The number of benzene rings is 1. The number of carbonyl (C=O) groups excluding carboxylic acids is 1. The number of thioether (sulfide) groups is 1. The first-order valence-corrected chi connectivity index (χ1v) is 7.67. The Hall–Kier alpha value is -2.23. The van der Waals surface area contributed by atoms with Crippen molar-refractivity contribution in [2.75, 3.05) is 11.1 Å². The van der Waals surface area contributed by atoms with E-state index in [9.17, 15) is 31.1 Å². The lowest BCUT2D eigenvalue weighted by Gasteiger charge is -2.10. The average molecular weight is 380 g/mol. The highest BCUT2D eigenvalue weighted by Crippen LogP contribution is 2.31. The van der Waals surface area contributed by atoms with Crippen LogP contribution in [0.25, 0.3) is 0 Å². The fraction of sp³-hybridized carbons (Fsp3) is 0.200. The average Bonchev–Trinajstić information content (AvgIpc) is 2.52. The van der Waals surface area contributed by atoms with Gasteiger partial charge in [0, 0.05) is 11.9 Å². The molecular formula is C15H10F6N2OS. The first kappa shape index (κ1) is 19.1. The number of alkyl halides is 6. The van der Waals surface area contributed by atoms with Crippen LogP contribution in [0.3, 0.4) is 0 Å². The molecule has 0 atom stereocenters. The van der Waals surface area contributed by atoms with Crippen molar-refractivity contribution in [2.24, 2.45) is 0 Å². The number of halogens is 6. The molecule has 25 heavy (non-hydrogen) atoms. The summed E-state index contributed by atoms with van der Waals surface area (Å²) in [6.45, 7) is 0. The Morgan fingerprint density at radius 3 is 2.24 bits per heavy atom. The van der Waals surface area contributed by atoms with E-state index in [4.69, 9.17) is 0 Å². The minimum Gasteiger partial charge on any atom is -0.325 e. The van der Waals surface area contributed by atoms with Crippen molar-refractivity contribution in [3.63, 3.8) is 0 Å². The number of hydrogen-bond donors (Lipinski definition) is 1. The van der Waals surface area contributed by atoms with Gasteiger partial charge in [0.2, 0.25) is 5.91 Å². The Bertz CT molecular complexity index is 743. The van der Waals surface area contributed by atoms with Crippen molar-refractivity contribution in [1.29, 1.82) is 0 Å². The van der Waals surface area contributed by atoms with E-state index in [0.29, 0.717) is 6.20 Å². The third kappa shape index (κ3) is 5.66. The van der Waals surface area contributed by atoms with E-state index in [2.05, 4.69) is 10.3 Å². The Labute approximate surface area is 142 Å². The van der Waals surface area contributed by atoms with Crippen molar-refractivity contribution < 1.29 is 31.1 Å². The van der Waals surface area contributed by atoms with Gasteiger partial charge in [-0.1, -0.05) is 17.8 Å². The van der Waals surface area contributed by atoms with Crippen molar-refractivity contribution in [1.82, 2.24) is 4.98 Å². The summed E-state index contributed by atoms with van der Waals surface area (Å²) in [6, 6.07) is 6.07. The molecule has 10 heteroatoms. The minimum atomic E-state index is -4.53. The fourth-order valence-corrected chi connectivity index (χ4v) is 2.39. The van der Waals surface area contributed by atoms with Gasteiger partial charge in [-0.15, -0.1) is 0 Å². The lowest BCUT2D eigenvalue weighted by atomic mass is 10.2. The molecule has 0 saturated heterocycles. The second kappa shape index (κ2) is 7.34. The molecule has 0 aliphatic heterocycles. The molecule has 0 aliphatic carbocycles. The smallest absolute Gasteiger partial charge is 0.325 e. The molecule has 1 aromatic heterocycles. The normalized spacial score (nSPS) is 12.1. The number of nitrogens with zero attached hydrogens (tertiary/aromatic N) is 1. The number of aromatic nitrogens is 1. The lowest BCUT2D eigenvalue weighted by molar-refractivity contribution is -0.138. The van der Waals surface area contributed by atoms with E-state index >= 15 is 0 Å². The number of anilines is 1. The molecule has 2 aromatic rings. The first-order chi connectivity index (χ1) is 11.6. The summed E-state index contributed by atoms with van der Waals surface area (Å²) in [7, 11) is 0. The quantitative estimate of drug-likeness (QED) is 0.609. The fourth-order valence-electron chi connectivity index (χ4n) is 1.74. The van der Waals surface area contributed by atoms with Crippen LogP contribution in [0.5, 0.6) is 0 Å². The number of pyridine rings is 1. The predicted molar refractivity (Wildman–Crippen MR) is 80.0 cm³/mol. The molecule has 0 unspecified atom stereocenters. The third-order valence-corrected chi connectivity index (χ3v) is 3.83. The molecular weight excluding hydrogens is 370 g/mol. The molecule has 0 spiro atoms. The van der Waals surface area contributed by atoms with Crippen LogP contribution in [0.1, 0.15) is 11.1 Å². The molecule has 0 saturated carbocycles. The maximum atomic E-state index is 12.6. The van der Waals surface area contributed by atoms with Crippen LogP contribution in [0.2, 0.25) is 0 Å². The van der Waals surface area contributed by atoms with E-state index in [0.717, 1.165) is 42.1 Å². The van der Waals surface area contributed by atoms with Gasteiger partial charge in [0.05, 0.1) is 21.9 Å². The van der Waals surface area contributed by atoms with E-state index in [1.165, 1.54) is 6.07 Å². The number of carbonyl (C=O) groups is 1. The first-order valence-electron chi connectivity index (χ1n) is 6.69. The monoisotopic (exact) mass is 380 g/mol. The number of hydrogen-bond acceptors (Lipinski definition) is 3. The van der Waals surface area contributed by atoms with Crippen molar-refractivity contribution in [3.05, 3.63) is 53.7 Å². The second-order valence-corrected chi connectivity index (χ2v) is 5.79. The molecule has 1 N–H and O–H groups in total. The molecule has 1 amide bonds. The highest BCUT2D eigenvalue weighted by atomic mass is 32.2. The van der Waals surface area contributed by atoms with E-state index in [-0.39, 0.29) is 16.5 Å².